The molecule has 0 bridgehead atoms. The van der Waals surface area contributed by atoms with Crippen molar-refractivity contribution in [3.8, 4) is 11.5 Å². The second kappa shape index (κ2) is 4.37. The highest BCUT2D eigenvalue weighted by molar-refractivity contribution is 5.82. The summed E-state index contributed by atoms with van der Waals surface area (Å²) in [5.41, 5.74) is 0. The number of hydrogen-bond acceptors (Lipinski definition) is 2. The molecule has 0 saturated heterocycles. The van der Waals surface area contributed by atoms with Gasteiger partial charge >= 0.3 is 0 Å². The van der Waals surface area contributed by atoms with Gasteiger partial charge in [-0.15, -0.1) is 0 Å². The molecule has 3 nitrogen and oxygen atoms in total. The predicted octanol–water partition coefficient (Wildman–Crippen LogP) is 3.27. The zero-order valence-electron chi connectivity index (χ0n) is 9.61. The topological polar surface area (TPSA) is 36.2 Å². The standard InChI is InChI=1S/C15H11NO2/c17-16-9-8-12-10-15(7-6-13(12)11-16)18-14-4-2-1-3-5-14/h1-11H. The minimum atomic E-state index is 0.761. The summed E-state index contributed by atoms with van der Waals surface area (Å²) >= 11 is 0. The molecule has 1 heterocycles. The molecule has 3 rings (SSSR count). The number of pyridine rings is 1. The van der Waals surface area contributed by atoms with Crippen LogP contribution in [0.1, 0.15) is 0 Å². The van der Waals surface area contributed by atoms with Crippen molar-refractivity contribution in [3.63, 3.8) is 0 Å². The van der Waals surface area contributed by atoms with E-state index in [1.807, 2.05) is 48.5 Å². The zero-order chi connectivity index (χ0) is 12.4. The number of aromatic nitrogens is 1. The SMILES string of the molecule is [O-][n+]1ccc2cc(Oc3ccccc3)ccc2c1. The summed E-state index contributed by atoms with van der Waals surface area (Å²) < 4.78 is 6.52. The van der Waals surface area contributed by atoms with Gasteiger partial charge in [0.15, 0.2) is 12.4 Å². The van der Waals surface area contributed by atoms with Crippen molar-refractivity contribution >= 4 is 10.8 Å². The van der Waals surface area contributed by atoms with Crippen LogP contribution in [0, 0.1) is 5.21 Å². The third-order valence-corrected chi connectivity index (χ3v) is 2.70. The molecule has 18 heavy (non-hydrogen) atoms. The van der Waals surface area contributed by atoms with E-state index >= 15 is 0 Å². The van der Waals surface area contributed by atoms with Crippen molar-refractivity contribution in [2.75, 3.05) is 0 Å². The Morgan fingerprint density at radius 1 is 0.833 bits per heavy atom. The molecule has 88 valence electrons. The normalized spacial score (nSPS) is 10.4. The Morgan fingerprint density at radius 2 is 1.67 bits per heavy atom. The van der Waals surface area contributed by atoms with Gasteiger partial charge in [0.05, 0.1) is 0 Å². The van der Waals surface area contributed by atoms with Crippen LogP contribution in [0.15, 0.2) is 67.0 Å². The number of benzene rings is 2. The maximum Gasteiger partial charge on any atom is 0.188 e. The molecule has 0 saturated carbocycles. The van der Waals surface area contributed by atoms with Crippen LogP contribution in [0.5, 0.6) is 11.5 Å². The van der Waals surface area contributed by atoms with Crippen LogP contribution in [0.25, 0.3) is 10.8 Å². The monoisotopic (exact) mass is 237 g/mol. The van der Waals surface area contributed by atoms with E-state index in [0.717, 1.165) is 27.0 Å². The van der Waals surface area contributed by atoms with Gasteiger partial charge in [-0.3, -0.25) is 0 Å². The molecule has 0 aliphatic rings. The second-order valence-corrected chi connectivity index (χ2v) is 4.01. The first kappa shape index (κ1) is 10.6. The minimum absolute atomic E-state index is 0.761. The van der Waals surface area contributed by atoms with E-state index < -0.39 is 0 Å². The average Bonchev–Trinajstić information content (AvgIpc) is 2.40. The van der Waals surface area contributed by atoms with E-state index in [1.165, 1.54) is 6.20 Å². The van der Waals surface area contributed by atoms with Crippen LogP contribution in [0.4, 0.5) is 0 Å². The molecule has 3 heteroatoms. The Morgan fingerprint density at radius 3 is 2.50 bits per heavy atom. The quantitative estimate of drug-likeness (QED) is 0.506. The lowest BCUT2D eigenvalue weighted by Gasteiger charge is -2.06. The van der Waals surface area contributed by atoms with Crippen LogP contribution < -0.4 is 9.47 Å². The molecule has 0 fully saturated rings. The minimum Gasteiger partial charge on any atom is -0.619 e. The molecule has 2 aromatic carbocycles. The summed E-state index contributed by atoms with van der Waals surface area (Å²) in [6.07, 6.45) is 3.02. The Labute approximate surface area is 104 Å². The number of nitrogens with zero attached hydrogens (tertiary/aromatic N) is 1. The maximum absolute atomic E-state index is 11.1. The van der Waals surface area contributed by atoms with Gasteiger partial charge in [-0.2, -0.15) is 4.73 Å². The highest BCUT2D eigenvalue weighted by Crippen LogP contribution is 2.24. The highest BCUT2D eigenvalue weighted by atomic mass is 16.5. The van der Waals surface area contributed by atoms with Crippen molar-refractivity contribution in [1.29, 1.82) is 0 Å². The zero-order valence-corrected chi connectivity index (χ0v) is 9.61. The lowest BCUT2D eigenvalue weighted by Crippen LogP contribution is -2.23. The summed E-state index contributed by atoms with van der Waals surface area (Å²) in [5.74, 6) is 1.56. The van der Waals surface area contributed by atoms with Gasteiger partial charge in [0.25, 0.3) is 0 Å². The van der Waals surface area contributed by atoms with E-state index in [9.17, 15) is 5.21 Å². The Balaban J connectivity index is 1.96. The second-order valence-electron chi connectivity index (χ2n) is 4.01. The largest absolute Gasteiger partial charge is 0.619 e. The summed E-state index contributed by atoms with van der Waals surface area (Å²) in [7, 11) is 0. The number of fused-ring (bicyclic) bond motifs is 1. The molecule has 0 atom stereocenters. The van der Waals surface area contributed by atoms with Crippen molar-refractivity contribution in [1.82, 2.24) is 0 Å². The molecule has 0 aliphatic carbocycles. The number of hydrogen-bond donors (Lipinski definition) is 0. The summed E-state index contributed by atoms with van der Waals surface area (Å²) in [6.45, 7) is 0. The molecular formula is C15H11NO2. The van der Waals surface area contributed by atoms with Crippen molar-refractivity contribution in [2.45, 2.75) is 0 Å². The van der Waals surface area contributed by atoms with Crippen molar-refractivity contribution < 1.29 is 9.47 Å². The van der Waals surface area contributed by atoms with Crippen LogP contribution in [0.3, 0.4) is 0 Å². The van der Waals surface area contributed by atoms with E-state index in [2.05, 4.69) is 0 Å². The Kier molecular flexibility index (Phi) is 2.57. The smallest absolute Gasteiger partial charge is 0.188 e. The van der Waals surface area contributed by atoms with Crippen LogP contribution in [0.2, 0.25) is 0 Å². The Hall–Kier alpha value is -2.55. The van der Waals surface area contributed by atoms with E-state index in [0.29, 0.717) is 0 Å². The van der Waals surface area contributed by atoms with Gasteiger partial charge < -0.3 is 9.94 Å². The van der Waals surface area contributed by atoms with E-state index in [4.69, 9.17) is 4.74 Å². The lowest BCUT2D eigenvalue weighted by atomic mass is 10.2. The van der Waals surface area contributed by atoms with Gasteiger partial charge in [-0.1, -0.05) is 18.2 Å². The summed E-state index contributed by atoms with van der Waals surface area (Å²) in [5, 5.41) is 13.0. The van der Waals surface area contributed by atoms with E-state index in [-0.39, 0.29) is 0 Å². The summed E-state index contributed by atoms with van der Waals surface area (Å²) in [6, 6.07) is 17.0. The average molecular weight is 237 g/mol. The molecule has 0 spiro atoms. The Bertz CT molecular complexity index is 680. The lowest BCUT2D eigenvalue weighted by molar-refractivity contribution is -0.603. The molecular weight excluding hydrogens is 226 g/mol. The third kappa shape index (κ3) is 2.11. The first-order valence-electron chi connectivity index (χ1n) is 5.67. The van der Waals surface area contributed by atoms with Crippen molar-refractivity contribution in [3.05, 3.63) is 72.2 Å². The first-order chi connectivity index (χ1) is 8.81. The van der Waals surface area contributed by atoms with Crippen LogP contribution in [-0.2, 0) is 0 Å². The molecule has 0 N–H and O–H groups in total. The molecule has 1 aromatic heterocycles. The summed E-state index contributed by atoms with van der Waals surface area (Å²) in [4.78, 5) is 0. The third-order valence-electron chi connectivity index (χ3n) is 2.70. The van der Waals surface area contributed by atoms with Crippen LogP contribution in [-0.4, -0.2) is 0 Å². The maximum atomic E-state index is 11.1. The predicted molar refractivity (Wildman–Crippen MR) is 69.4 cm³/mol. The number of ether oxygens (including phenoxy) is 1. The number of para-hydroxylation sites is 1. The fourth-order valence-electron chi connectivity index (χ4n) is 1.84. The van der Waals surface area contributed by atoms with Crippen molar-refractivity contribution in [2.24, 2.45) is 0 Å². The van der Waals surface area contributed by atoms with Gasteiger partial charge in [0, 0.05) is 11.5 Å². The van der Waals surface area contributed by atoms with Gasteiger partial charge in [0.2, 0.25) is 0 Å². The molecule has 0 unspecified atom stereocenters. The fraction of sp³-hybridized carbons (Fsp3) is 0. The first-order valence-corrected chi connectivity index (χ1v) is 5.67. The molecule has 3 aromatic rings. The molecule has 0 radical (unpaired) electrons. The van der Waals surface area contributed by atoms with E-state index in [1.54, 1.807) is 12.3 Å². The van der Waals surface area contributed by atoms with Crippen LogP contribution >= 0.6 is 0 Å². The molecule has 0 aliphatic heterocycles. The van der Waals surface area contributed by atoms with Gasteiger partial charge in [0.1, 0.15) is 11.5 Å². The number of rotatable bonds is 2. The highest BCUT2D eigenvalue weighted by Gasteiger charge is 2.01. The van der Waals surface area contributed by atoms with Gasteiger partial charge in [-0.05, 0) is 35.7 Å². The fourth-order valence-corrected chi connectivity index (χ4v) is 1.84. The van der Waals surface area contributed by atoms with Gasteiger partial charge in [-0.25, -0.2) is 0 Å². The molecule has 0 amide bonds.